The minimum atomic E-state index is -0.239. The molecule has 3 aromatic rings. The van der Waals surface area contributed by atoms with Crippen molar-refractivity contribution < 1.29 is 9.21 Å². The molecular formula is C17H13ClN2O2. The number of hydrogen-bond donors (Lipinski definition) is 1. The Morgan fingerprint density at radius 2 is 2.18 bits per heavy atom. The van der Waals surface area contributed by atoms with Crippen LogP contribution in [0.1, 0.15) is 11.3 Å². The Hall–Kier alpha value is -2.59. The molecule has 110 valence electrons. The van der Waals surface area contributed by atoms with E-state index in [-0.39, 0.29) is 5.91 Å². The third-order valence-electron chi connectivity index (χ3n) is 3.30. The van der Waals surface area contributed by atoms with Gasteiger partial charge in [0, 0.05) is 22.7 Å². The van der Waals surface area contributed by atoms with Gasteiger partial charge < -0.3 is 9.73 Å². The molecular weight excluding hydrogens is 300 g/mol. The second kappa shape index (κ2) is 6.03. The third kappa shape index (κ3) is 2.87. The van der Waals surface area contributed by atoms with Gasteiger partial charge in [-0.1, -0.05) is 11.6 Å². The molecule has 1 N–H and O–H groups in total. The molecule has 0 aliphatic rings. The van der Waals surface area contributed by atoms with Crippen LogP contribution in [0.5, 0.6) is 0 Å². The van der Waals surface area contributed by atoms with Crippen LogP contribution < -0.4 is 5.32 Å². The van der Waals surface area contributed by atoms with Crippen molar-refractivity contribution in [2.24, 2.45) is 0 Å². The Bertz CT molecular complexity index is 854. The van der Waals surface area contributed by atoms with Crippen molar-refractivity contribution >= 4 is 40.2 Å². The highest BCUT2D eigenvalue weighted by atomic mass is 35.5. The van der Waals surface area contributed by atoms with Crippen LogP contribution >= 0.6 is 11.6 Å². The molecule has 0 unspecified atom stereocenters. The Kier molecular flexibility index (Phi) is 3.94. The number of anilines is 1. The average molecular weight is 313 g/mol. The predicted octanol–water partition coefficient (Wildman–Crippen LogP) is 4.44. The summed E-state index contributed by atoms with van der Waals surface area (Å²) in [5, 5.41) is 4.35. The lowest BCUT2D eigenvalue weighted by Crippen LogP contribution is -2.08. The zero-order chi connectivity index (χ0) is 15.5. The lowest BCUT2D eigenvalue weighted by atomic mass is 10.1. The van der Waals surface area contributed by atoms with Crippen molar-refractivity contribution in [1.82, 2.24) is 4.98 Å². The van der Waals surface area contributed by atoms with Gasteiger partial charge in [0.25, 0.3) is 0 Å². The van der Waals surface area contributed by atoms with Crippen LogP contribution in [-0.2, 0) is 4.79 Å². The van der Waals surface area contributed by atoms with Crippen LogP contribution in [0.2, 0.25) is 5.02 Å². The Labute approximate surface area is 132 Å². The number of pyridine rings is 1. The molecule has 2 aromatic heterocycles. The molecule has 1 amide bonds. The van der Waals surface area contributed by atoms with Gasteiger partial charge in [-0.3, -0.25) is 9.78 Å². The van der Waals surface area contributed by atoms with E-state index in [4.69, 9.17) is 16.0 Å². The van der Waals surface area contributed by atoms with Crippen LogP contribution in [0.25, 0.3) is 17.0 Å². The summed E-state index contributed by atoms with van der Waals surface area (Å²) < 4.78 is 5.14. The van der Waals surface area contributed by atoms with Gasteiger partial charge in [0.05, 0.1) is 17.5 Å². The van der Waals surface area contributed by atoms with Crippen molar-refractivity contribution in [2.45, 2.75) is 6.92 Å². The number of nitrogens with zero attached hydrogens (tertiary/aromatic N) is 1. The molecule has 2 heterocycles. The van der Waals surface area contributed by atoms with E-state index in [0.717, 1.165) is 16.5 Å². The van der Waals surface area contributed by atoms with Crippen molar-refractivity contribution in [2.75, 3.05) is 5.32 Å². The van der Waals surface area contributed by atoms with Gasteiger partial charge in [0.1, 0.15) is 5.76 Å². The second-order valence-electron chi connectivity index (χ2n) is 4.77. The molecule has 1 aromatic carbocycles. The van der Waals surface area contributed by atoms with Gasteiger partial charge in [-0.25, -0.2) is 0 Å². The summed E-state index contributed by atoms with van der Waals surface area (Å²) in [6.45, 7) is 1.90. The molecule has 4 nitrogen and oxygen atoms in total. The molecule has 0 atom stereocenters. The highest BCUT2D eigenvalue weighted by molar-refractivity contribution is 6.32. The van der Waals surface area contributed by atoms with Gasteiger partial charge in [0.15, 0.2) is 0 Å². The number of halogens is 1. The highest BCUT2D eigenvalue weighted by Crippen LogP contribution is 2.28. The zero-order valence-electron chi connectivity index (χ0n) is 11.8. The minimum Gasteiger partial charge on any atom is -0.465 e. The van der Waals surface area contributed by atoms with E-state index in [0.29, 0.717) is 16.5 Å². The monoisotopic (exact) mass is 312 g/mol. The average Bonchev–Trinajstić information content (AvgIpc) is 3.03. The van der Waals surface area contributed by atoms with Crippen molar-refractivity contribution in [3.63, 3.8) is 0 Å². The van der Waals surface area contributed by atoms with Crippen molar-refractivity contribution in [1.29, 1.82) is 0 Å². The molecule has 0 spiro atoms. The topological polar surface area (TPSA) is 55.1 Å². The first-order valence-corrected chi connectivity index (χ1v) is 7.09. The van der Waals surface area contributed by atoms with Crippen LogP contribution in [0.15, 0.2) is 53.3 Å². The number of benzene rings is 1. The fraction of sp³-hybridized carbons (Fsp3) is 0.0588. The third-order valence-corrected chi connectivity index (χ3v) is 3.71. The lowest BCUT2D eigenvalue weighted by molar-refractivity contribution is -0.111. The molecule has 22 heavy (non-hydrogen) atoms. The number of amides is 1. The van der Waals surface area contributed by atoms with Gasteiger partial charge in [-0.2, -0.15) is 0 Å². The van der Waals surface area contributed by atoms with Gasteiger partial charge in [0.2, 0.25) is 5.91 Å². The first-order valence-electron chi connectivity index (χ1n) is 6.71. The number of aromatic nitrogens is 1. The van der Waals surface area contributed by atoms with Crippen molar-refractivity contribution in [3.8, 4) is 0 Å². The summed E-state index contributed by atoms with van der Waals surface area (Å²) in [5.41, 5.74) is 2.36. The quantitative estimate of drug-likeness (QED) is 0.727. The maximum Gasteiger partial charge on any atom is 0.248 e. The fourth-order valence-electron chi connectivity index (χ4n) is 2.16. The van der Waals surface area contributed by atoms with Gasteiger partial charge in [-0.15, -0.1) is 0 Å². The Balaban J connectivity index is 1.88. The highest BCUT2D eigenvalue weighted by Gasteiger charge is 2.08. The van der Waals surface area contributed by atoms with Gasteiger partial charge in [-0.05, 0) is 48.9 Å². The van der Waals surface area contributed by atoms with Crippen LogP contribution in [0.4, 0.5) is 5.69 Å². The number of carbonyl (C=O) groups is 1. The molecule has 0 saturated heterocycles. The number of rotatable bonds is 3. The molecule has 5 heteroatoms. The molecule has 0 radical (unpaired) electrons. The normalized spacial score (nSPS) is 11.2. The summed E-state index contributed by atoms with van der Waals surface area (Å²) in [6.07, 6.45) is 6.24. The molecule has 0 saturated carbocycles. The first kappa shape index (κ1) is 14.4. The summed E-state index contributed by atoms with van der Waals surface area (Å²) in [5.74, 6) is 0.383. The molecule has 0 fully saturated rings. The number of nitrogens with one attached hydrogen (secondary N) is 1. The number of fused-ring (bicyclic) bond motifs is 1. The SMILES string of the molecule is Cc1c(Cl)ccc2c(NC(=O)/C=C/c3ccco3)ccnc12. The minimum absolute atomic E-state index is 0.239. The van der Waals surface area contributed by atoms with E-state index in [1.54, 1.807) is 42.8 Å². The van der Waals surface area contributed by atoms with E-state index < -0.39 is 0 Å². The zero-order valence-corrected chi connectivity index (χ0v) is 12.6. The summed E-state index contributed by atoms with van der Waals surface area (Å²) in [4.78, 5) is 16.3. The smallest absolute Gasteiger partial charge is 0.248 e. The van der Waals surface area contributed by atoms with Crippen LogP contribution in [-0.4, -0.2) is 10.9 Å². The second-order valence-corrected chi connectivity index (χ2v) is 5.17. The number of hydrogen-bond acceptors (Lipinski definition) is 3. The van der Waals surface area contributed by atoms with Crippen LogP contribution in [0.3, 0.4) is 0 Å². The fourth-order valence-corrected chi connectivity index (χ4v) is 2.32. The van der Waals surface area contributed by atoms with E-state index >= 15 is 0 Å². The maximum absolute atomic E-state index is 12.0. The summed E-state index contributed by atoms with van der Waals surface area (Å²) >= 11 is 6.10. The van der Waals surface area contributed by atoms with E-state index in [1.165, 1.54) is 6.08 Å². The number of carbonyl (C=O) groups excluding carboxylic acids is 1. The molecule has 0 bridgehead atoms. The number of furan rings is 1. The largest absolute Gasteiger partial charge is 0.465 e. The first-order chi connectivity index (χ1) is 10.6. The molecule has 3 rings (SSSR count). The van der Waals surface area contributed by atoms with Crippen LogP contribution in [0, 0.1) is 6.92 Å². The predicted molar refractivity (Wildman–Crippen MR) is 87.9 cm³/mol. The van der Waals surface area contributed by atoms with E-state index in [1.807, 2.05) is 13.0 Å². The van der Waals surface area contributed by atoms with Gasteiger partial charge >= 0.3 is 0 Å². The number of aryl methyl sites for hydroxylation is 1. The van der Waals surface area contributed by atoms with Crippen molar-refractivity contribution in [3.05, 3.63) is 65.2 Å². The van der Waals surface area contributed by atoms with E-state index in [2.05, 4.69) is 10.3 Å². The summed E-state index contributed by atoms with van der Waals surface area (Å²) in [7, 11) is 0. The lowest BCUT2D eigenvalue weighted by Gasteiger charge is -2.09. The standard InChI is InChI=1S/C17H13ClN2O2/c1-11-14(18)6-5-13-15(8-9-19-17(11)13)20-16(21)7-4-12-3-2-10-22-12/h2-10H,1H3,(H,19,20,21)/b7-4+. The molecule has 0 aliphatic heterocycles. The maximum atomic E-state index is 12.0. The Morgan fingerprint density at radius 1 is 1.32 bits per heavy atom. The molecule has 0 aliphatic carbocycles. The van der Waals surface area contributed by atoms with E-state index in [9.17, 15) is 4.79 Å². The Morgan fingerprint density at radius 3 is 2.95 bits per heavy atom. The summed E-state index contributed by atoms with van der Waals surface area (Å²) in [6, 6.07) is 8.95.